The highest BCUT2D eigenvalue weighted by Gasteiger charge is 2.73. The molecule has 0 spiro atoms. The molecular weight excluding hydrogens is 481 g/mol. The molecule has 0 radical (unpaired) electrons. The highest BCUT2D eigenvalue weighted by molar-refractivity contribution is 6.13. The highest BCUT2D eigenvalue weighted by Crippen LogP contribution is 2.53. The second kappa shape index (κ2) is 10.2. The molecule has 0 aromatic heterocycles. The van der Waals surface area contributed by atoms with Crippen molar-refractivity contribution in [2.24, 2.45) is 0 Å². The Bertz CT molecular complexity index is 1080. The molecule has 4 nitrogen and oxygen atoms in total. The molecule has 2 aromatic rings. The molecule has 192 valence electrons. The summed E-state index contributed by atoms with van der Waals surface area (Å²) < 4.78 is 92.3. The van der Waals surface area contributed by atoms with E-state index < -0.39 is 35.4 Å². The van der Waals surface area contributed by atoms with E-state index in [1.54, 1.807) is 13.0 Å². The number of halogens is 7. The van der Waals surface area contributed by atoms with Crippen LogP contribution in [-0.2, 0) is 5.67 Å². The Labute approximate surface area is 197 Å². The standard InChI is InChI=1S/C22H19F7N2O2.C2H6/c1-11-4-3-5-15(17(11)19(33)30-14-7-8-14)18(32)31-16-9-6-13(10-12(16)2)20(23,21(24,25)26)22(27,28)29;1-2/h3-6,9-10,14H,7-8H2,1-2H3,(H,30,33)(H,31,32);1-2H3. The maximum Gasteiger partial charge on any atom is 0.435 e. The van der Waals surface area contributed by atoms with Crippen molar-refractivity contribution >= 4 is 17.5 Å². The van der Waals surface area contributed by atoms with Crippen LogP contribution in [0.25, 0.3) is 0 Å². The predicted octanol–water partition coefficient (Wildman–Crippen LogP) is 6.76. The topological polar surface area (TPSA) is 58.2 Å². The molecule has 1 aliphatic carbocycles. The molecule has 1 fully saturated rings. The fourth-order valence-corrected chi connectivity index (χ4v) is 3.34. The van der Waals surface area contributed by atoms with Crippen molar-refractivity contribution in [2.45, 2.75) is 64.6 Å². The second-order valence-electron chi connectivity index (χ2n) is 7.88. The third-order valence-electron chi connectivity index (χ3n) is 5.31. The molecular formula is C24H25F7N2O2. The van der Waals surface area contributed by atoms with Crippen LogP contribution in [0.5, 0.6) is 0 Å². The van der Waals surface area contributed by atoms with Crippen molar-refractivity contribution in [2.75, 3.05) is 5.32 Å². The smallest absolute Gasteiger partial charge is 0.349 e. The van der Waals surface area contributed by atoms with Gasteiger partial charge in [-0.25, -0.2) is 4.39 Å². The van der Waals surface area contributed by atoms with E-state index in [0.29, 0.717) is 17.7 Å². The van der Waals surface area contributed by atoms with Gasteiger partial charge in [-0.05, 0) is 49.9 Å². The van der Waals surface area contributed by atoms with Crippen LogP contribution in [0.4, 0.5) is 36.4 Å². The van der Waals surface area contributed by atoms with E-state index in [4.69, 9.17) is 0 Å². The summed E-state index contributed by atoms with van der Waals surface area (Å²) in [6, 6.07) is 5.99. The van der Waals surface area contributed by atoms with Gasteiger partial charge in [0.15, 0.2) is 0 Å². The molecule has 35 heavy (non-hydrogen) atoms. The summed E-state index contributed by atoms with van der Waals surface area (Å²) in [7, 11) is 0. The van der Waals surface area contributed by atoms with Crippen molar-refractivity contribution < 1.29 is 40.3 Å². The minimum atomic E-state index is -6.24. The number of nitrogens with one attached hydrogen (secondary N) is 2. The minimum absolute atomic E-state index is 0.0195. The van der Waals surface area contributed by atoms with Gasteiger partial charge in [0.1, 0.15) is 0 Å². The average molecular weight is 506 g/mol. The number of anilines is 1. The van der Waals surface area contributed by atoms with Crippen molar-refractivity contribution in [1.29, 1.82) is 0 Å². The summed E-state index contributed by atoms with van der Waals surface area (Å²) >= 11 is 0. The fraction of sp³-hybridized carbons (Fsp3) is 0.417. The molecule has 0 saturated heterocycles. The van der Waals surface area contributed by atoms with Gasteiger partial charge in [0.25, 0.3) is 11.8 Å². The summed E-state index contributed by atoms with van der Waals surface area (Å²) in [5.74, 6) is -1.26. The van der Waals surface area contributed by atoms with Gasteiger partial charge < -0.3 is 10.6 Å². The van der Waals surface area contributed by atoms with Crippen molar-refractivity contribution in [1.82, 2.24) is 5.32 Å². The molecule has 2 amide bonds. The largest absolute Gasteiger partial charge is 0.435 e. The van der Waals surface area contributed by atoms with Crippen molar-refractivity contribution in [3.05, 3.63) is 64.2 Å². The minimum Gasteiger partial charge on any atom is -0.349 e. The number of amides is 2. The van der Waals surface area contributed by atoms with Gasteiger partial charge in [0.2, 0.25) is 0 Å². The summed E-state index contributed by atoms with van der Waals surface area (Å²) in [5, 5.41) is 5.13. The number of carbonyl (C=O) groups excluding carboxylic acids is 2. The lowest BCUT2D eigenvalue weighted by Gasteiger charge is -2.30. The van der Waals surface area contributed by atoms with Gasteiger partial charge in [-0.15, -0.1) is 0 Å². The van der Waals surface area contributed by atoms with Crippen LogP contribution < -0.4 is 10.6 Å². The molecule has 0 atom stereocenters. The molecule has 1 saturated carbocycles. The maximum absolute atomic E-state index is 14.3. The van der Waals surface area contributed by atoms with E-state index in [2.05, 4.69) is 10.6 Å². The number of benzene rings is 2. The first-order chi connectivity index (χ1) is 16.2. The van der Waals surface area contributed by atoms with E-state index in [1.165, 1.54) is 12.1 Å². The van der Waals surface area contributed by atoms with Crippen LogP contribution >= 0.6 is 0 Å². The van der Waals surface area contributed by atoms with E-state index >= 15 is 0 Å². The first-order valence-electron chi connectivity index (χ1n) is 10.8. The summed E-state index contributed by atoms with van der Waals surface area (Å²) in [5.41, 5.74) is -7.00. The van der Waals surface area contributed by atoms with Gasteiger partial charge in [0.05, 0.1) is 11.1 Å². The molecule has 2 aromatic carbocycles. The molecule has 0 unspecified atom stereocenters. The lowest BCUT2D eigenvalue weighted by molar-refractivity contribution is -0.348. The van der Waals surface area contributed by atoms with Crippen LogP contribution in [0.1, 0.15) is 64.1 Å². The molecule has 2 N–H and O–H groups in total. The zero-order chi connectivity index (χ0) is 26.8. The number of hydrogen-bond acceptors (Lipinski definition) is 2. The maximum atomic E-state index is 14.3. The highest BCUT2D eigenvalue weighted by atomic mass is 19.4. The van der Waals surface area contributed by atoms with E-state index in [0.717, 1.165) is 25.8 Å². The first kappa shape index (κ1) is 28.1. The number of alkyl halides is 7. The number of rotatable bonds is 5. The number of carbonyl (C=O) groups is 2. The monoisotopic (exact) mass is 506 g/mol. The van der Waals surface area contributed by atoms with Gasteiger partial charge in [-0.3, -0.25) is 9.59 Å². The van der Waals surface area contributed by atoms with Crippen molar-refractivity contribution in [3.63, 3.8) is 0 Å². The quantitative estimate of drug-likeness (QED) is 0.440. The van der Waals surface area contributed by atoms with Crippen LogP contribution in [-0.4, -0.2) is 30.2 Å². The number of hydrogen-bond donors (Lipinski definition) is 2. The average Bonchev–Trinajstić information content (AvgIpc) is 3.58. The van der Waals surface area contributed by atoms with Gasteiger partial charge >= 0.3 is 18.0 Å². The van der Waals surface area contributed by atoms with E-state index in [-0.39, 0.29) is 28.4 Å². The molecule has 0 aliphatic heterocycles. The Morgan fingerprint density at radius 3 is 1.89 bits per heavy atom. The number of aryl methyl sites for hydroxylation is 2. The zero-order valence-electron chi connectivity index (χ0n) is 19.4. The Balaban J connectivity index is 0.00000210. The lowest BCUT2D eigenvalue weighted by Crippen LogP contribution is -2.50. The SMILES string of the molecule is CC.Cc1cc(C(F)(C(F)(F)F)C(F)(F)F)ccc1NC(=O)c1cccc(C)c1C(=O)NC1CC1. The molecule has 3 rings (SSSR count). The fourth-order valence-electron chi connectivity index (χ4n) is 3.34. The third-order valence-corrected chi connectivity index (χ3v) is 5.31. The lowest BCUT2D eigenvalue weighted by atomic mass is 9.92. The molecule has 0 bridgehead atoms. The summed E-state index contributed by atoms with van der Waals surface area (Å²) in [4.78, 5) is 25.4. The Morgan fingerprint density at radius 2 is 1.40 bits per heavy atom. The van der Waals surface area contributed by atoms with E-state index in [9.17, 15) is 40.3 Å². The predicted molar refractivity (Wildman–Crippen MR) is 117 cm³/mol. The van der Waals surface area contributed by atoms with Crippen LogP contribution in [0.2, 0.25) is 0 Å². The van der Waals surface area contributed by atoms with Crippen LogP contribution in [0.3, 0.4) is 0 Å². The molecule has 11 heteroatoms. The van der Waals surface area contributed by atoms with Crippen molar-refractivity contribution in [3.8, 4) is 0 Å². The van der Waals surface area contributed by atoms with Gasteiger partial charge in [0, 0.05) is 17.3 Å². The first-order valence-corrected chi connectivity index (χ1v) is 10.8. The summed E-state index contributed by atoms with van der Waals surface area (Å²) in [6.45, 7) is 6.75. The zero-order valence-corrected chi connectivity index (χ0v) is 19.4. The molecule has 0 heterocycles. The molecule has 1 aliphatic rings. The van der Waals surface area contributed by atoms with Crippen LogP contribution in [0.15, 0.2) is 36.4 Å². The second-order valence-corrected chi connectivity index (χ2v) is 7.88. The van der Waals surface area contributed by atoms with E-state index in [1.807, 2.05) is 13.8 Å². The Hall–Kier alpha value is -3.11. The van der Waals surface area contributed by atoms with Gasteiger partial charge in [-0.2, -0.15) is 26.3 Å². The Morgan fingerprint density at radius 1 is 0.829 bits per heavy atom. The normalized spacial score (nSPS) is 14.0. The Kier molecular flexibility index (Phi) is 8.24. The third kappa shape index (κ3) is 5.76. The summed E-state index contributed by atoms with van der Waals surface area (Å²) in [6.07, 6.45) is -10.9. The van der Waals surface area contributed by atoms with Crippen LogP contribution in [0, 0.1) is 13.8 Å². The van der Waals surface area contributed by atoms with Gasteiger partial charge in [-0.1, -0.05) is 38.1 Å².